The number of nitrogens with one attached hydrogen (secondary N) is 1. The van der Waals surface area contributed by atoms with E-state index in [9.17, 15) is 18.0 Å². The van der Waals surface area contributed by atoms with Crippen molar-refractivity contribution in [2.75, 3.05) is 13.1 Å². The molecule has 0 bridgehead atoms. The fourth-order valence-corrected chi connectivity index (χ4v) is 6.00. The van der Waals surface area contributed by atoms with Crippen molar-refractivity contribution < 1.29 is 13.2 Å². The van der Waals surface area contributed by atoms with Crippen molar-refractivity contribution in [3.63, 3.8) is 0 Å². The summed E-state index contributed by atoms with van der Waals surface area (Å²) in [6, 6.07) is 18.6. The number of hydrogen-bond donors (Lipinski definition) is 1. The molecule has 1 fully saturated rings. The lowest BCUT2D eigenvalue weighted by Crippen LogP contribution is -2.35. The summed E-state index contributed by atoms with van der Waals surface area (Å²) in [5.41, 5.74) is 1.34. The van der Waals surface area contributed by atoms with Gasteiger partial charge in [-0.15, -0.1) is 0 Å². The van der Waals surface area contributed by atoms with Crippen LogP contribution in [0.1, 0.15) is 41.0 Å². The van der Waals surface area contributed by atoms with Crippen molar-refractivity contribution in [2.24, 2.45) is 0 Å². The zero-order chi connectivity index (χ0) is 25.8. The van der Waals surface area contributed by atoms with Crippen molar-refractivity contribution in [2.45, 2.75) is 37.2 Å². The normalized spacial score (nSPS) is 14.5. The second-order valence-electron chi connectivity index (χ2n) is 8.95. The zero-order valence-corrected chi connectivity index (χ0v) is 21.0. The number of hydrogen-bond acceptors (Lipinski definition) is 6. The molecule has 1 amide bonds. The first-order valence-electron chi connectivity index (χ1n) is 12.2. The molecular formula is C27H27N5O4S. The molecule has 0 atom stereocenters. The first-order chi connectivity index (χ1) is 17.9. The number of aromatic nitrogens is 3. The lowest BCUT2D eigenvalue weighted by molar-refractivity contribution is 0.0950. The highest BCUT2D eigenvalue weighted by Crippen LogP contribution is 2.21. The van der Waals surface area contributed by atoms with Crippen LogP contribution in [0.15, 0.2) is 82.6 Å². The summed E-state index contributed by atoms with van der Waals surface area (Å²) in [6.07, 6.45) is 4.41. The first-order valence-corrected chi connectivity index (χ1v) is 13.6. The highest BCUT2D eigenvalue weighted by Gasteiger charge is 2.26. The third-order valence-electron chi connectivity index (χ3n) is 6.47. The van der Waals surface area contributed by atoms with Crippen LogP contribution in [0.25, 0.3) is 10.8 Å². The van der Waals surface area contributed by atoms with Gasteiger partial charge in [-0.3, -0.25) is 14.6 Å². The first kappa shape index (κ1) is 24.8. The van der Waals surface area contributed by atoms with E-state index in [2.05, 4.69) is 15.4 Å². The summed E-state index contributed by atoms with van der Waals surface area (Å²) in [5.74, 6) is -0.365. The Labute approximate surface area is 214 Å². The summed E-state index contributed by atoms with van der Waals surface area (Å²) in [5, 5.41) is 8.54. The van der Waals surface area contributed by atoms with E-state index in [0.29, 0.717) is 40.8 Å². The van der Waals surface area contributed by atoms with E-state index in [0.717, 1.165) is 19.3 Å². The number of pyridine rings is 1. The number of amides is 1. The zero-order valence-electron chi connectivity index (χ0n) is 20.2. The van der Waals surface area contributed by atoms with Crippen LogP contribution in [-0.4, -0.2) is 46.5 Å². The lowest BCUT2D eigenvalue weighted by atomic mass is 10.1. The molecule has 0 saturated carbocycles. The molecule has 0 spiro atoms. The monoisotopic (exact) mass is 517 g/mol. The summed E-state index contributed by atoms with van der Waals surface area (Å²) in [7, 11) is -3.56. The van der Waals surface area contributed by atoms with Gasteiger partial charge in [0.1, 0.15) is 0 Å². The minimum Gasteiger partial charge on any atom is -0.346 e. The largest absolute Gasteiger partial charge is 0.346 e. The summed E-state index contributed by atoms with van der Waals surface area (Å²) in [6.45, 7) is 1.34. The van der Waals surface area contributed by atoms with Crippen LogP contribution in [0, 0.1) is 0 Å². The van der Waals surface area contributed by atoms with Gasteiger partial charge in [0.15, 0.2) is 0 Å². The Balaban J connectivity index is 1.35. The van der Waals surface area contributed by atoms with Crippen molar-refractivity contribution >= 4 is 26.7 Å². The average molecular weight is 518 g/mol. The molecule has 2 aromatic carbocycles. The van der Waals surface area contributed by atoms with Gasteiger partial charge in [-0.2, -0.15) is 9.40 Å². The number of rotatable bonds is 7. The Bertz CT molecular complexity index is 1580. The second kappa shape index (κ2) is 10.6. The van der Waals surface area contributed by atoms with Crippen LogP contribution in [0.4, 0.5) is 0 Å². The van der Waals surface area contributed by atoms with Gasteiger partial charge in [-0.1, -0.05) is 30.7 Å². The smallest absolute Gasteiger partial charge is 0.275 e. The van der Waals surface area contributed by atoms with Crippen LogP contribution in [-0.2, 0) is 23.1 Å². The number of nitrogens with zero attached hydrogens (tertiary/aromatic N) is 4. The molecule has 0 unspecified atom stereocenters. The molecule has 9 nitrogen and oxygen atoms in total. The van der Waals surface area contributed by atoms with Gasteiger partial charge in [-0.25, -0.2) is 13.1 Å². The predicted octanol–water partition coefficient (Wildman–Crippen LogP) is 2.94. The van der Waals surface area contributed by atoms with Crippen LogP contribution in [0.3, 0.4) is 0 Å². The van der Waals surface area contributed by atoms with Gasteiger partial charge in [0, 0.05) is 30.2 Å². The molecular weight excluding hydrogens is 490 g/mol. The fraction of sp³-hybridized carbons (Fsp3) is 0.259. The molecule has 1 N–H and O–H groups in total. The van der Waals surface area contributed by atoms with E-state index in [4.69, 9.17) is 0 Å². The number of carbonyl (C=O) groups excluding carboxylic acids is 1. The molecule has 3 heterocycles. The van der Waals surface area contributed by atoms with Crippen LogP contribution in [0.5, 0.6) is 0 Å². The van der Waals surface area contributed by atoms with E-state index in [1.54, 1.807) is 30.5 Å². The highest BCUT2D eigenvalue weighted by atomic mass is 32.2. The van der Waals surface area contributed by atoms with E-state index in [1.165, 1.54) is 33.3 Å². The number of fused-ring (bicyclic) bond motifs is 1. The maximum Gasteiger partial charge on any atom is 0.275 e. The van der Waals surface area contributed by atoms with Gasteiger partial charge in [-0.05, 0) is 55.3 Å². The fourth-order valence-electron chi connectivity index (χ4n) is 4.49. The Hall–Kier alpha value is -3.89. The third-order valence-corrected chi connectivity index (χ3v) is 8.38. The average Bonchev–Trinajstić information content (AvgIpc) is 2.95. The molecule has 2 aromatic heterocycles. The van der Waals surface area contributed by atoms with E-state index in [-0.39, 0.29) is 29.5 Å². The van der Waals surface area contributed by atoms with Gasteiger partial charge in [0.2, 0.25) is 10.0 Å². The molecule has 0 radical (unpaired) electrons. The standard InChI is InChI=1S/C27H27N5O4S/c33-26(20-11-13-22(14-12-20)37(35,36)31-16-6-1-7-17-31)29-18-25-23-9-2-3-10-24(23)27(34)32(30-25)19-21-8-4-5-15-28-21/h2-5,8-15H,1,6-7,16-19H2,(H,29,33). The predicted molar refractivity (Wildman–Crippen MR) is 140 cm³/mol. The minimum atomic E-state index is -3.56. The maximum absolute atomic E-state index is 13.0. The molecule has 37 heavy (non-hydrogen) atoms. The van der Waals surface area contributed by atoms with Gasteiger partial charge in [0.05, 0.1) is 34.8 Å². The van der Waals surface area contributed by atoms with Crippen LogP contribution >= 0.6 is 0 Å². The molecule has 4 aromatic rings. The third kappa shape index (κ3) is 5.30. The van der Waals surface area contributed by atoms with Crippen LogP contribution < -0.4 is 10.9 Å². The number of benzene rings is 2. The minimum absolute atomic E-state index is 0.0929. The Morgan fingerprint density at radius 3 is 2.30 bits per heavy atom. The van der Waals surface area contributed by atoms with Crippen molar-refractivity contribution in [1.29, 1.82) is 0 Å². The number of sulfonamides is 1. The van der Waals surface area contributed by atoms with Crippen molar-refractivity contribution in [3.8, 4) is 0 Å². The highest BCUT2D eigenvalue weighted by molar-refractivity contribution is 7.89. The van der Waals surface area contributed by atoms with Gasteiger partial charge >= 0.3 is 0 Å². The quantitative estimate of drug-likeness (QED) is 0.403. The number of carbonyl (C=O) groups is 1. The van der Waals surface area contributed by atoms with E-state index in [1.807, 2.05) is 18.2 Å². The molecule has 5 rings (SSSR count). The Morgan fingerprint density at radius 1 is 0.892 bits per heavy atom. The maximum atomic E-state index is 13.0. The van der Waals surface area contributed by atoms with Gasteiger partial charge in [0.25, 0.3) is 11.5 Å². The second-order valence-corrected chi connectivity index (χ2v) is 10.9. The lowest BCUT2D eigenvalue weighted by Gasteiger charge is -2.25. The summed E-state index contributed by atoms with van der Waals surface area (Å²) < 4.78 is 28.6. The molecule has 10 heteroatoms. The van der Waals surface area contributed by atoms with Crippen molar-refractivity contribution in [3.05, 3.63) is 100 Å². The van der Waals surface area contributed by atoms with Gasteiger partial charge < -0.3 is 5.32 Å². The number of piperidine rings is 1. The Kier molecular flexibility index (Phi) is 7.11. The van der Waals surface area contributed by atoms with Crippen molar-refractivity contribution in [1.82, 2.24) is 24.4 Å². The Morgan fingerprint density at radius 2 is 1.59 bits per heavy atom. The topological polar surface area (TPSA) is 114 Å². The molecule has 190 valence electrons. The van der Waals surface area contributed by atoms with Crippen LogP contribution in [0.2, 0.25) is 0 Å². The summed E-state index contributed by atoms with van der Waals surface area (Å²) >= 11 is 0. The van der Waals surface area contributed by atoms with E-state index >= 15 is 0 Å². The molecule has 1 aliphatic rings. The molecule has 0 aliphatic carbocycles. The van der Waals surface area contributed by atoms with E-state index < -0.39 is 10.0 Å². The molecule has 1 saturated heterocycles. The SMILES string of the molecule is O=C(NCc1nn(Cc2ccccn2)c(=O)c2ccccc12)c1ccc(S(=O)(=O)N2CCCCC2)cc1. The molecule has 1 aliphatic heterocycles. The summed E-state index contributed by atoms with van der Waals surface area (Å²) in [4.78, 5) is 30.3.